The highest BCUT2D eigenvalue weighted by Crippen LogP contribution is 2.37. The normalized spacial score (nSPS) is 19.4. The molecule has 1 N–H and O–H groups in total. The first-order chi connectivity index (χ1) is 13.4. The predicted octanol–water partition coefficient (Wildman–Crippen LogP) is 2.79. The minimum absolute atomic E-state index is 0.0116. The summed E-state index contributed by atoms with van der Waals surface area (Å²) in [6.45, 7) is 0. The molecule has 0 atom stereocenters. The van der Waals surface area contributed by atoms with Crippen molar-refractivity contribution in [2.45, 2.75) is 23.8 Å². The third-order valence-electron chi connectivity index (χ3n) is 5.35. The fourth-order valence-electron chi connectivity index (χ4n) is 3.73. The van der Waals surface area contributed by atoms with Gasteiger partial charge in [0.15, 0.2) is 9.84 Å². The molecule has 0 unspecified atom stereocenters. The number of H-pyrrole nitrogens is 1. The Morgan fingerprint density at radius 1 is 1.29 bits per heavy atom. The fraction of sp³-hybridized carbons (Fsp3) is 0.368. The number of hydrogen-bond acceptors (Lipinski definition) is 6. The van der Waals surface area contributed by atoms with Gasteiger partial charge < -0.3 is 14.6 Å². The van der Waals surface area contributed by atoms with Gasteiger partial charge in [0.25, 0.3) is 0 Å². The van der Waals surface area contributed by atoms with E-state index in [1.165, 1.54) is 25.6 Å². The Balaban J connectivity index is 1.43. The maximum atomic E-state index is 14.2. The lowest BCUT2D eigenvalue weighted by Crippen LogP contribution is -2.45. The van der Waals surface area contributed by atoms with Gasteiger partial charge in [0.05, 0.1) is 18.2 Å². The number of fused-ring (bicyclic) bond motifs is 1. The summed E-state index contributed by atoms with van der Waals surface area (Å²) in [7, 11) is -0.334. The molecule has 1 aliphatic rings. The van der Waals surface area contributed by atoms with Gasteiger partial charge in [-0.05, 0) is 37.0 Å². The van der Waals surface area contributed by atoms with Crippen molar-refractivity contribution < 1.29 is 17.5 Å². The first-order valence-corrected chi connectivity index (χ1v) is 10.6. The number of aromatic nitrogens is 3. The van der Waals surface area contributed by atoms with Crippen molar-refractivity contribution in [1.82, 2.24) is 15.0 Å². The maximum absolute atomic E-state index is 14.2. The Hall–Kier alpha value is -2.68. The molecule has 0 radical (unpaired) electrons. The van der Waals surface area contributed by atoms with E-state index >= 15 is 0 Å². The zero-order chi connectivity index (χ0) is 19.9. The van der Waals surface area contributed by atoms with Crippen LogP contribution < -0.4 is 9.64 Å². The molecular formula is C19H21FN4O3S. The van der Waals surface area contributed by atoms with Crippen LogP contribution in [0.4, 0.5) is 10.2 Å². The molecular weight excluding hydrogens is 383 g/mol. The van der Waals surface area contributed by atoms with Crippen molar-refractivity contribution in [3.63, 3.8) is 0 Å². The molecule has 0 spiro atoms. The van der Waals surface area contributed by atoms with Gasteiger partial charge in [-0.15, -0.1) is 0 Å². The number of aromatic amines is 1. The minimum Gasteiger partial charge on any atom is -0.497 e. The molecule has 2 heterocycles. The second-order valence-corrected chi connectivity index (χ2v) is 9.12. The Morgan fingerprint density at radius 2 is 2.07 bits per heavy atom. The Bertz CT molecular complexity index is 1110. The molecule has 1 aliphatic carbocycles. The first kappa shape index (κ1) is 18.7. The molecule has 148 valence electrons. The second kappa shape index (κ2) is 7.05. The molecule has 7 nitrogen and oxygen atoms in total. The largest absolute Gasteiger partial charge is 0.497 e. The average Bonchev–Trinajstić information content (AvgIpc) is 3.12. The highest BCUT2D eigenvalue weighted by molar-refractivity contribution is 7.91. The van der Waals surface area contributed by atoms with Gasteiger partial charge in [-0.2, -0.15) is 0 Å². The minimum atomic E-state index is -3.70. The number of nitrogens with zero attached hydrogens (tertiary/aromatic N) is 3. The van der Waals surface area contributed by atoms with E-state index in [0.29, 0.717) is 18.6 Å². The number of rotatable bonds is 6. The van der Waals surface area contributed by atoms with Crippen LogP contribution in [-0.2, 0) is 9.84 Å². The summed E-state index contributed by atoms with van der Waals surface area (Å²) in [6.07, 6.45) is 4.75. The average molecular weight is 404 g/mol. The van der Waals surface area contributed by atoms with Gasteiger partial charge in [-0.3, -0.25) is 0 Å². The lowest BCUT2D eigenvalue weighted by molar-refractivity contribution is 0.282. The van der Waals surface area contributed by atoms with E-state index in [4.69, 9.17) is 4.74 Å². The summed E-state index contributed by atoms with van der Waals surface area (Å²) in [6, 6.07) is 5.95. The van der Waals surface area contributed by atoms with Crippen LogP contribution in [0.1, 0.15) is 12.8 Å². The maximum Gasteiger partial charge on any atom is 0.181 e. The molecule has 1 aromatic carbocycles. The van der Waals surface area contributed by atoms with E-state index in [-0.39, 0.29) is 22.6 Å². The molecule has 4 rings (SSSR count). The van der Waals surface area contributed by atoms with Crippen molar-refractivity contribution in [3.8, 4) is 5.75 Å². The molecule has 1 saturated carbocycles. The SMILES string of the molecule is COc1ccc(S(=O)(=O)C[C@H]2C[C@@H](N(C)c3ncnc4[nH]ccc34)C2)c(F)c1. The molecule has 0 bridgehead atoms. The van der Waals surface area contributed by atoms with Crippen LogP contribution in [0, 0.1) is 11.7 Å². The standard InChI is InChI=1S/C19H21FN4O3S/c1-24(19-15-5-6-21-18(15)22-11-23-19)13-7-12(8-13)10-28(25,26)17-4-3-14(27-2)9-16(17)20/h3-6,9,11-13H,7-8,10H2,1-2H3,(H,21,22,23)/t12-,13+. The van der Waals surface area contributed by atoms with Crippen LogP contribution in [0.3, 0.4) is 0 Å². The van der Waals surface area contributed by atoms with Gasteiger partial charge in [-0.1, -0.05) is 0 Å². The Labute approximate surface area is 162 Å². The third-order valence-corrected chi connectivity index (χ3v) is 7.27. The highest BCUT2D eigenvalue weighted by atomic mass is 32.2. The van der Waals surface area contributed by atoms with E-state index < -0.39 is 15.7 Å². The van der Waals surface area contributed by atoms with Gasteiger partial charge in [-0.25, -0.2) is 22.8 Å². The number of anilines is 1. The van der Waals surface area contributed by atoms with Gasteiger partial charge >= 0.3 is 0 Å². The number of halogens is 1. The second-order valence-electron chi connectivity index (χ2n) is 7.12. The van der Waals surface area contributed by atoms with Gasteiger partial charge in [0.1, 0.15) is 34.3 Å². The summed E-state index contributed by atoms with van der Waals surface area (Å²) in [5.41, 5.74) is 0.769. The summed E-state index contributed by atoms with van der Waals surface area (Å²) >= 11 is 0. The fourth-order valence-corrected chi connectivity index (χ4v) is 5.43. The monoisotopic (exact) mass is 404 g/mol. The number of ether oxygens (including phenoxy) is 1. The number of benzene rings is 1. The Morgan fingerprint density at radius 3 is 2.79 bits per heavy atom. The lowest BCUT2D eigenvalue weighted by Gasteiger charge is -2.41. The molecule has 0 amide bonds. The summed E-state index contributed by atoms with van der Waals surface area (Å²) < 4.78 is 44.3. The quantitative estimate of drug-likeness (QED) is 0.680. The number of nitrogens with one attached hydrogen (secondary N) is 1. The molecule has 3 aromatic rings. The van der Waals surface area contributed by atoms with Crippen molar-refractivity contribution in [2.24, 2.45) is 5.92 Å². The van der Waals surface area contributed by atoms with E-state index in [1.807, 2.05) is 19.3 Å². The molecule has 9 heteroatoms. The number of methoxy groups -OCH3 is 1. The highest BCUT2D eigenvalue weighted by Gasteiger charge is 2.37. The zero-order valence-electron chi connectivity index (χ0n) is 15.6. The van der Waals surface area contributed by atoms with Gasteiger partial charge in [0.2, 0.25) is 0 Å². The number of hydrogen-bond donors (Lipinski definition) is 1. The third kappa shape index (κ3) is 3.30. The molecule has 2 aromatic heterocycles. The summed E-state index contributed by atoms with van der Waals surface area (Å²) in [5, 5.41) is 0.932. The van der Waals surface area contributed by atoms with Crippen molar-refractivity contribution >= 4 is 26.7 Å². The van der Waals surface area contributed by atoms with Crippen LogP contribution in [-0.4, -0.2) is 49.3 Å². The van der Waals surface area contributed by atoms with Crippen LogP contribution in [0.2, 0.25) is 0 Å². The molecule has 1 fully saturated rings. The molecule has 0 aliphatic heterocycles. The summed E-state index contributed by atoms with van der Waals surface area (Å²) in [4.78, 5) is 13.4. The van der Waals surface area contributed by atoms with E-state index in [2.05, 4.69) is 19.9 Å². The van der Waals surface area contributed by atoms with Crippen LogP contribution in [0.15, 0.2) is 41.7 Å². The van der Waals surface area contributed by atoms with Crippen molar-refractivity contribution in [2.75, 3.05) is 24.8 Å². The zero-order valence-corrected chi connectivity index (χ0v) is 16.4. The van der Waals surface area contributed by atoms with E-state index in [0.717, 1.165) is 22.9 Å². The topological polar surface area (TPSA) is 88.2 Å². The van der Waals surface area contributed by atoms with E-state index in [9.17, 15) is 12.8 Å². The molecule has 0 saturated heterocycles. The van der Waals surface area contributed by atoms with Crippen LogP contribution in [0.5, 0.6) is 5.75 Å². The number of sulfone groups is 1. The molecule has 28 heavy (non-hydrogen) atoms. The summed E-state index contributed by atoms with van der Waals surface area (Å²) in [5.74, 6) is 0.261. The predicted molar refractivity (Wildman–Crippen MR) is 104 cm³/mol. The van der Waals surface area contributed by atoms with Crippen LogP contribution in [0.25, 0.3) is 11.0 Å². The van der Waals surface area contributed by atoms with Crippen molar-refractivity contribution in [1.29, 1.82) is 0 Å². The smallest absolute Gasteiger partial charge is 0.181 e. The van der Waals surface area contributed by atoms with Crippen LogP contribution >= 0.6 is 0 Å². The van der Waals surface area contributed by atoms with Gasteiger partial charge in [0, 0.05) is 25.4 Å². The van der Waals surface area contributed by atoms with E-state index in [1.54, 1.807) is 0 Å². The lowest BCUT2D eigenvalue weighted by atomic mass is 9.81. The Kier molecular flexibility index (Phi) is 4.70. The van der Waals surface area contributed by atoms with Crippen molar-refractivity contribution in [3.05, 3.63) is 42.6 Å². The first-order valence-electron chi connectivity index (χ1n) is 8.96.